The van der Waals surface area contributed by atoms with Crippen molar-refractivity contribution in [2.75, 3.05) is 0 Å². The van der Waals surface area contributed by atoms with Gasteiger partial charge in [-0.25, -0.2) is 4.79 Å². The van der Waals surface area contributed by atoms with Crippen LogP contribution in [0.1, 0.15) is 33.6 Å². The van der Waals surface area contributed by atoms with Crippen molar-refractivity contribution in [1.82, 2.24) is 5.32 Å². The van der Waals surface area contributed by atoms with Gasteiger partial charge in [0.2, 0.25) is 0 Å². The first-order valence-corrected chi connectivity index (χ1v) is 5.04. The van der Waals surface area contributed by atoms with Crippen LogP contribution in [0.15, 0.2) is 12.7 Å². The summed E-state index contributed by atoms with van der Waals surface area (Å²) in [5, 5.41) is 2.81. The van der Waals surface area contributed by atoms with Crippen molar-refractivity contribution < 1.29 is 9.53 Å². The summed E-state index contributed by atoms with van der Waals surface area (Å²) in [5.74, 6) is 0.569. The predicted molar refractivity (Wildman–Crippen MR) is 56.1 cm³/mol. The van der Waals surface area contributed by atoms with Gasteiger partial charge in [-0.2, -0.15) is 0 Å². The molecule has 0 heterocycles. The Balaban J connectivity index is 2.34. The van der Waals surface area contributed by atoms with E-state index in [1.54, 1.807) is 6.08 Å². The Morgan fingerprint density at radius 3 is 2.50 bits per heavy atom. The van der Waals surface area contributed by atoms with Crippen LogP contribution in [0.3, 0.4) is 0 Å². The molecule has 0 saturated heterocycles. The Labute approximate surface area is 85.5 Å². The van der Waals surface area contributed by atoms with Gasteiger partial charge in [0.25, 0.3) is 0 Å². The van der Waals surface area contributed by atoms with Gasteiger partial charge in [0.15, 0.2) is 0 Å². The molecule has 0 aliphatic heterocycles. The second-order valence-corrected chi connectivity index (χ2v) is 4.75. The topological polar surface area (TPSA) is 38.3 Å². The van der Waals surface area contributed by atoms with Gasteiger partial charge in [-0.05, 0) is 39.5 Å². The molecule has 0 aromatic carbocycles. The summed E-state index contributed by atoms with van der Waals surface area (Å²) in [7, 11) is 0. The summed E-state index contributed by atoms with van der Waals surface area (Å²) in [6, 6.07) is 0.0739. The first kappa shape index (κ1) is 11.1. The molecule has 0 spiro atoms. The molecule has 1 fully saturated rings. The number of nitrogens with one attached hydrogen (secondary N) is 1. The average molecular weight is 197 g/mol. The standard InChI is InChI=1S/C11H19NO2/c1-5-9(8-6-7-8)12-10(13)14-11(2,3)4/h5,8-9H,1,6-7H2,2-4H3,(H,12,13)/t9-/m0/s1. The minimum atomic E-state index is -0.431. The summed E-state index contributed by atoms with van der Waals surface area (Å²) in [6.07, 6.45) is 3.77. The van der Waals surface area contributed by atoms with Gasteiger partial charge in [0.05, 0.1) is 6.04 Å². The van der Waals surface area contributed by atoms with Gasteiger partial charge in [0.1, 0.15) is 5.60 Å². The molecule has 1 N–H and O–H groups in total. The second-order valence-electron chi connectivity index (χ2n) is 4.75. The van der Waals surface area contributed by atoms with Crippen molar-refractivity contribution in [3.8, 4) is 0 Å². The first-order chi connectivity index (χ1) is 6.42. The highest BCUT2D eigenvalue weighted by Crippen LogP contribution is 2.33. The molecule has 0 aromatic heterocycles. The Kier molecular flexibility index (Phi) is 3.19. The molecule has 0 bridgehead atoms. The molecular weight excluding hydrogens is 178 g/mol. The van der Waals surface area contributed by atoms with Gasteiger partial charge in [-0.3, -0.25) is 0 Å². The summed E-state index contributed by atoms with van der Waals surface area (Å²) < 4.78 is 5.15. The van der Waals surface area contributed by atoms with Crippen LogP contribution < -0.4 is 5.32 Å². The lowest BCUT2D eigenvalue weighted by Crippen LogP contribution is -2.39. The summed E-state index contributed by atoms with van der Waals surface area (Å²) >= 11 is 0. The Bertz CT molecular complexity index is 226. The fraction of sp³-hybridized carbons (Fsp3) is 0.727. The Hall–Kier alpha value is -0.990. The van der Waals surface area contributed by atoms with Crippen LogP contribution in [-0.4, -0.2) is 17.7 Å². The third kappa shape index (κ3) is 3.81. The maximum absolute atomic E-state index is 11.4. The zero-order chi connectivity index (χ0) is 10.8. The number of hydrogen-bond acceptors (Lipinski definition) is 2. The van der Waals surface area contributed by atoms with Crippen molar-refractivity contribution in [3.63, 3.8) is 0 Å². The van der Waals surface area contributed by atoms with Crippen LogP contribution in [0.4, 0.5) is 4.79 Å². The highest BCUT2D eigenvalue weighted by Gasteiger charge is 2.31. The normalized spacial score (nSPS) is 18.5. The number of hydrogen-bond donors (Lipinski definition) is 1. The minimum Gasteiger partial charge on any atom is -0.444 e. The number of alkyl carbamates (subject to hydrolysis) is 1. The van der Waals surface area contributed by atoms with E-state index in [2.05, 4.69) is 11.9 Å². The highest BCUT2D eigenvalue weighted by molar-refractivity contribution is 5.68. The maximum Gasteiger partial charge on any atom is 0.408 e. The van der Waals surface area contributed by atoms with Gasteiger partial charge >= 0.3 is 6.09 Å². The van der Waals surface area contributed by atoms with Gasteiger partial charge < -0.3 is 10.1 Å². The van der Waals surface area contributed by atoms with Crippen molar-refractivity contribution in [3.05, 3.63) is 12.7 Å². The monoisotopic (exact) mass is 197 g/mol. The summed E-state index contributed by atoms with van der Waals surface area (Å²) in [5.41, 5.74) is -0.431. The number of rotatable bonds is 3. The van der Waals surface area contributed by atoms with Crippen molar-refractivity contribution >= 4 is 6.09 Å². The van der Waals surface area contributed by atoms with E-state index in [0.717, 1.165) is 0 Å². The first-order valence-electron chi connectivity index (χ1n) is 5.04. The molecule has 3 nitrogen and oxygen atoms in total. The Morgan fingerprint density at radius 1 is 1.57 bits per heavy atom. The lowest BCUT2D eigenvalue weighted by molar-refractivity contribution is 0.0509. The molecule has 1 aliphatic carbocycles. The molecule has 0 radical (unpaired) electrons. The molecule has 80 valence electrons. The van der Waals surface area contributed by atoms with E-state index < -0.39 is 5.60 Å². The molecule has 1 saturated carbocycles. The Morgan fingerprint density at radius 2 is 2.14 bits per heavy atom. The molecular formula is C11H19NO2. The van der Waals surface area contributed by atoms with E-state index >= 15 is 0 Å². The second kappa shape index (κ2) is 4.03. The van der Waals surface area contributed by atoms with Crippen LogP contribution in [0.2, 0.25) is 0 Å². The highest BCUT2D eigenvalue weighted by atomic mass is 16.6. The summed E-state index contributed by atoms with van der Waals surface area (Å²) in [6.45, 7) is 9.26. The summed E-state index contributed by atoms with van der Waals surface area (Å²) in [4.78, 5) is 11.4. The van der Waals surface area contributed by atoms with E-state index in [-0.39, 0.29) is 12.1 Å². The smallest absolute Gasteiger partial charge is 0.408 e. The molecule has 1 amide bonds. The zero-order valence-electron chi connectivity index (χ0n) is 9.17. The fourth-order valence-electron chi connectivity index (χ4n) is 1.27. The van der Waals surface area contributed by atoms with E-state index in [0.29, 0.717) is 5.92 Å². The molecule has 1 aliphatic rings. The number of carbonyl (C=O) groups excluding carboxylic acids is 1. The zero-order valence-corrected chi connectivity index (χ0v) is 9.17. The third-order valence-electron chi connectivity index (χ3n) is 2.07. The molecule has 3 heteroatoms. The molecule has 0 aromatic rings. The van der Waals surface area contributed by atoms with Crippen molar-refractivity contribution in [2.45, 2.75) is 45.3 Å². The molecule has 1 rings (SSSR count). The molecule has 14 heavy (non-hydrogen) atoms. The van der Waals surface area contributed by atoms with Gasteiger partial charge in [-0.15, -0.1) is 6.58 Å². The molecule has 1 atom stereocenters. The van der Waals surface area contributed by atoms with E-state index in [1.807, 2.05) is 20.8 Å². The third-order valence-corrected chi connectivity index (χ3v) is 2.07. The van der Waals surface area contributed by atoms with Crippen LogP contribution in [0.5, 0.6) is 0 Å². The van der Waals surface area contributed by atoms with Crippen molar-refractivity contribution in [2.24, 2.45) is 5.92 Å². The van der Waals surface area contributed by atoms with Gasteiger partial charge in [0, 0.05) is 0 Å². The molecule has 0 unspecified atom stereocenters. The van der Waals surface area contributed by atoms with E-state index in [1.165, 1.54) is 12.8 Å². The van der Waals surface area contributed by atoms with E-state index in [9.17, 15) is 4.79 Å². The quantitative estimate of drug-likeness (QED) is 0.706. The SMILES string of the molecule is C=C[C@H](NC(=O)OC(C)(C)C)C1CC1. The number of carbonyl (C=O) groups is 1. The van der Waals surface area contributed by atoms with Crippen LogP contribution in [0, 0.1) is 5.92 Å². The van der Waals surface area contributed by atoms with Crippen LogP contribution in [0.25, 0.3) is 0 Å². The predicted octanol–water partition coefficient (Wildman–Crippen LogP) is 2.48. The largest absolute Gasteiger partial charge is 0.444 e. The van der Waals surface area contributed by atoms with Gasteiger partial charge in [-0.1, -0.05) is 6.08 Å². The fourth-order valence-corrected chi connectivity index (χ4v) is 1.27. The maximum atomic E-state index is 11.4. The average Bonchev–Trinajstić information content (AvgIpc) is 2.78. The lowest BCUT2D eigenvalue weighted by atomic mass is 10.2. The van der Waals surface area contributed by atoms with E-state index in [4.69, 9.17) is 4.74 Å². The number of ether oxygens (including phenoxy) is 1. The number of amides is 1. The van der Waals surface area contributed by atoms with Crippen LogP contribution in [-0.2, 0) is 4.74 Å². The minimum absolute atomic E-state index is 0.0739. The van der Waals surface area contributed by atoms with Crippen LogP contribution >= 0.6 is 0 Å². The van der Waals surface area contributed by atoms with Crippen molar-refractivity contribution in [1.29, 1.82) is 0 Å². The lowest BCUT2D eigenvalue weighted by Gasteiger charge is -2.22.